The van der Waals surface area contributed by atoms with Crippen LogP contribution in [-0.4, -0.2) is 11.3 Å². The van der Waals surface area contributed by atoms with Crippen LogP contribution < -0.4 is 0 Å². The number of halogens is 4. The molecule has 2 nitrogen and oxygen atoms in total. The molecule has 0 aromatic carbocycles. The predicted octanol–water partition coefficient (Wildman–Crippen LogP) is 2.25. The third-order valence-electron chi connectivity index (χ3n) is 1.00. The molecule has 0 spiro atoms. The van der Waals surface area contributed by atoms with E-state index in [1.165, 1.54) is 0 Å². The fourth-order valence-electron chi connectivity index (χ4n) is 0.520. The first kappa shape index (κ1) is 8.03. The fraction of sp³-hybridized carbons (Fsp3) is 0.400. The number of rotatable bonds is 1. The lowest BCUT2D eigenvalue weighted by molar-refractivity contribution is -0.184. The van der Waals surface area contributed by atoms with Crippen molar-refractivity contribution < 1.29 is 22.1 Å². The normalized spacial score (nSPS) is 14.9. The summed E-state index contributed by atoms with van der Waals surface area (Å²) in [4.78, 5) is 0. The molecule has 0 saturated heterocycles. The van der Waals surface area contributed by atoms with E-state index in [-0.39, 0.29) is 0 Å². The van der Waals surface area contributed by atoms with Gasteiger partial charge in [-0.25, -0.2) is 4.39 Å². The summed E-state index contributed by atoms with van der Waals surface area (Å²) in [6.45, 7) is 0. The molecular weight excluding hydrogens is 166 g/mol. The number of hydrogen-bond acceptors (Lipinski definition) is 2. The van der Waals surface area contributed by atoms with Gasteiger partial charge in [0.15, 0.2) is 0 Å². The monoisotopic (exact) mass is 169 g/mol. The van der Waals surface area contributed by atoms with Crippen molar-refractivity contribution in [1.29, 1.82) is 0 Å². The predicted molar refractivity (Wildman–Crippen MR) is 26.4 cm³/mol. The van der Waals surface area contributed by atoms with Crippen LogP contribution in [0.4, 0.5) is 17.6 Å². The molecule has 0 saturated carbocycles. The number of hydrogen-bond donors (Lipinski definition) is 0. The Balaban J connectivity index is 2.78. The quantitative estimate of drug-likeness (QED) is 0.602. The first-order valence-corrected chi connectivity index (χ1v) is 2.63. The van der Waals surface area contributed by atoms with Gasteiger partial charge in [0.1, 0.15) is 12.0 Å². The molecule has 0 aliphatic rings. The van der Waals surface area contributed by atoms with Gasteiger partial charge in [-0.3, -0.25) is 0 Å². The first-order chi connectivity index (χ1) is 5.02. The van der Waals surface area contributed by atoms with Crippen LogP contribution in [0.2, 0.25) is 0 Å². The Morgan fingerprint density at radius 3 is 2.45 bits per heavy atom. The van der Waals surface area contributed by atoms with Gasteiger partial charge in [0.25, 0.3) is 0 Å². The minimum atomic E-state index is -4.91. The summed E-state index contributed by atoms with van der Waals surface area (Å²) in [6.07, 6.45) is -7.08. The summed E-state index contributed by atoms with van der Waals surface area (Å²) in [5.74, 6) is 0. The highest BCUT2D eigenvalue weighted by Crippen LogP contribution is 2.34. The van der Waals surface area contributed by atoms with Crippen LogP contribution >= 0.6 is 0 Å². The Bertz CT molecular complexity index is 217. The van der Waals surface area contributed by atoms with Gasteiger partial charge in [0, 0.05) is 6.07 Å². The Morgan fingerprint density at radius 1 is 1.45 bits per heavy atom. The molecule has 6 heteroatoms. The van der Waals surface area contributed by atoms with E-state index in [0.29, 0.717) is 0 Å². The summed E-state index contributed by atoms with van der Waals surface area (Å²) >= 11 is 0. The van der Waals surface area contributed by atoms with Crippen molar-refractivity contribution in [2.45, 2.75) is 12.3 Å². The SMILES string of the molecule is FC(c1ccon1)C(F)(F)F. The Morgan fingerprint density at radius 2 is 2.09 bits per heavy atom. The first-order valence-electron chi connectivity index (χ1n) is 2.63. The molecule has 1 unspecified atom stereocenters. The van der Waals surface area contributed by atoms with E-state index in [0.717, 1.165) is 12.3 Å². The Labute approximate surface area is 58.8 Å². The molecule has 62 valence electrons. The van der Waals surface area contributed by atoms with E-state index >= 15 is 0 Å². The minimum absolute atomic E-state index is 0.752. The van der Waals surface area contributed by atoms with Crippen LogP contribution in [0.25, 0.3) is 0 Å². The van der Waals surface area contributed by atoms with Gasteiger partial charge in [0.2, 0.25) is 6.17 Å². The molecule has 0 aliphatic carbocycles. The lowest BCUT2D eigenvalue weighted by Crippen LogP contribution is -2.16. The molecule has 11 heavy (non-hydrogen) atoms. The van der Waals surface area contributed by atoms with Gasteiger partial charge < -0.3 is 4.52 Å². The lowest BCUT2D eigenvalue weighted by atomic mass is 10.3. The van der Waals surface area contributed by atoms with Gasteiger partial charge in [-0.2, -0.15) is 13.2 Å². The van der Waals surface area contributed by atoms with Crippen molar-refractivity contribution in [1.82, 2.24) is 5.16 Å². The lowest BCUT2D eigenvalue weighted by Gasteiger charge is -2.07. The summed E-state index contributed by atoms with van der Waals surface area (Å²) in [5.41, 5.74) is -0.752. The van der Waals surface area contributed by atoms with Crippen LogP contribution in [0, 0.1) is 0 Å². The Hall–Kier alpha value is -1.07. The molecule has 0 bridgehead atoms. The third kappa shape index (κ3) is 1.69. The van der Waals surface area contributed by atoms with E-state index in [9.17, 15) is 17.6 Å². The summed E-state index contributed by atoms with van der Waals surface area (Å²) in [6, 6.07) is 0.832. The van der Waals surface area contributed by atoms with Crippen molar-refractivity contribution >= 4 is 0 Å². The minimum Gasteiger partial charge on any atom is -0.364 e. The summed E-state index contributed by atoms with van der Waals surface area (Å²) < 4.78 is 50.9. The average molecular weight is 169 g/mol. The van der Waals surface area contributed by atoms with E-state index in [2.05, 4.69) is 9.68 Å². The van der Waals surface area contributed by atoms with Crippen molar-refractivity contribution in [3.8, 4) is 0 Å². The van der Waals surface area contributed by atoms with Crippen LogP contribution in [-0.2, 0) is 0 Å². The van der Waals surface area contributed by atoms with Gasteiger partial charge >= 0.3 is 6.18 Å². The summed E-state index contributed by atoms with van der Waals surface area (Å²) in [7, 11) is 0. The second-order valence-corrected chi connectivity index (χ2v) is 1.83. The topological polar surface area (TPSA) is 26.0 Å². The molecule has 0 N–H and O–H groups in total. The molecule has 0 amide bonds. The maximum Gasteiger partial charge on any atom is 0.425 e. The van der Waals surface area contributed by atoms with Crippen molar-refractivity contribution in [2.75, 3.05) is 0 Å². The molecule has 1 heterocycles. The van der Waals surface area contributed by atoms with Crippen LogP contribution in [0.5, 0.6) is 0 Å². The highest BCUT2D eigenvalue weighted by Gasteiger charge is 2.42. The molecule has 0 fully saturated rings. The zero-order chi connectivity index (χ0) is 8.48. The van der Waals surface area contributed by atoms with Gasteiger partial charge in [-0.15, -0.1) is 0 Å². The van der Waals surface area contributed by atoms with Gasteiger partial charge in [-0.1, -0.05) is 5.16 Å². The average Bonchev–Trinajstić information content (AvgIpc) is 2.34. The molecule has 1 aromatic rings. The fourth-order valence-corrected chi connectivity index (χ4v) is 0.520. The number of aromatic nitrogens is 1. The number of nitrogens with zero attached hydrogens (tertiary/aromatic N) is 1. The zero-order valence-electron chi connectivity index (χ0n) is 5.10. The number of alkyl halides is 4. The van der Waals surface area contributed by atoms with E-state index < -0.39 is 18.0 Å². The molecular formula is C5H3F4NO. The molecule has 1 aromatic heterocycles. The zero-order valence-corrected chi connectivity index (χ0v) is 5.10. The second-order valence-electron chi connectivity index (χ2n) is 1.83. The van der Waals surface area contributed by atoms with Crippen LogP contribution in [0.1, 0.15) is 11.9 Å². The van der Waals surface area contributed by atoms with Gasteiger partial charge in [0.05, 0.1) is 0 Å². The molecule has 0 radical (unpaired) electrons. The maximum atomic E-state index is 12.2. The largest absolute Gasteiger partial charge is 0.425 e. The molecule has 1 rings (SSSR count). The highest BCUT2D eigenvalue weighted by molar-refractivity contribution is 5.02. The van der Waals surface area contributed by atoms with E-state index in [1.807, 2.05) is 0 Å². The molecule has 1 atom stereocenters. The van der Waals surface area contributed by atoms with E-state index in [1.54, 1.807) is 0 Å². The Kier molecular flexibility index (Phi) is 1.84. The van der Waals surface area contributed by atoms with Crippen LogP contribution in [0.15, 0.2) is 16.9 Å². The standard InChI is InChI=1S/C5H3F4NO/c6-4(5(7,8)9)3-1-2-11-10-3/h1-2,4H. The highest BCUT2D eigenvalue weighted by atomic mass is 19.4. The van der Waals surface area contributed by atoms with Gasteiger partial charge in [-0.05, 0) is 0 Å². The third-order valence-corrected chi connectivity index (χ3v) is 1.00. The molecule has 0 aliphatic heterocycles. The van der Waals surface area contributed by atoms with Crippen LogP contribution in [0.3, 0.4) is 0 Å². The summed E-state index contributed by atoms with van der Waals surface area (Å²) in [5, 5.41) is 2.81. The van der Waals surface area contributed by atoms with Crippen molar-refractivity contribution in [3.05, 3.63) is 18.0 Å². The van der Waals surface area contributed by atoms with Crippen molar-refractivity contribution in [3.63, 3.8) is 0 Å². The second kappa shape index (κ2) is 2.52. The smallest absolute Gasteiger partial charge is 0.364 e. The maximum absolute atomic E-state index is 12.2. The van der Waals surface area contributed by atoms with E-state index in [4.69, 9.17) is 0 Å². The van der Waals surface area contributed by atoms with Crippen molar-refractivity contribution in [2.24, 2.45) is 0 Å².